The van der Waals surface area contributed by atoms with Crippen molar-refractivity contribution in [2.24, 2.45) is 0 Å². The Morgan fingerprint density at radius 3 is 2.12 bits per heavy atom. The van der Waals surface area contributed by atoms with E-state index in [0.29, 0.717) is 25.9 Å². The van der Waals surface area contributed by atoms with E-state index in [1.807, 2.05) is 0 Å². The third-order valence-electron chi connectivity index (χ3n) is 3.60. The second-order valence-electron chi connectivity index (χ2n) is 4.81. The molecule has 1 heterocycles. The van der Waals surface area contributed by atoms with Crippen molar-refractivity contribution in [3.63, 3.8) is 0 Å². The molecule has 0 aromatic rings. The number of nitrogens with one attached hydrogen (secondary N) is 1. The highest BCUT2D eigenvalue weighted by Crippen LogP contribution is 2.31. The number of carboxylic acids is 1. The number of hydrogen-bond donors (Lipinski definition) is 2. The fourth-order valence-electron chi connectivity index (χ4n) is 2.58. The van der Waals surface area contributed by atoms with Crippen molar-refractivity contribution in [2.75, 3.05) is 13.1 Å². The molecule has 0 spiro atoms. The van der Waals surface area contributed by atoms with Gasteiger partial charge in [0.1, 0.15) is 5.54 Å². The summed E-state index contributed by atoms with van der Waals surface area (Å²) in [5.41, 5.74) is -1.28. The van der Waals surface area contributed by atoms with Gasteiger partial charge in [-0.15, -0.1) is 0 Å². The molecule has 1 saturated heterocycles. The van der Waals surface area contributed by atoms with Gasteiger partial charge in [0, 0.05) is 13.1 Å². The zero-order valence-electron chi connectivity index (χ0n) is 9.68. The van der Waals surface area contributed by atoms with Crippen molar-refractivity contribution in [3.8, 4) is 0 Å². The van der Waals surface area contributed by atoms with Crippen LogP contribution in [0.2, 0.25) is 0 Å². The Morgan fingerprint density at radius 1 is 1.12 bits per heavy atom. The van der Waals surface area contributed by atoms with Gasteiger partial charge in [0.15, 0.2) is 0 Å². The van der Waals surface area contributed by atoms with E-state index in [4.69, 9.17) is 0 Å². The molecule has 2 N–H and O–H groups in total. The molecule has 0 aromatic heterocycles. The van der Waals surface area contributed by atoms with Gasteiger partial charge >= 0.3 is 5.97 Å². The molecule has 6 nitrogen and oxygen atoms in total. The average molecular weight is 262 g/mol. The van der Waals surface area contributed by atoms with Crippen molar-refractivity contribution < 1.29 is 18.3 Å². The molecule has 0 bridgehead atoms. The van der Waals surface area contributed by atoms with E-state index in [9.17, 15) is 18.3 Å². The molecule has 2 rings (SSSR count). The maximum absolute atomic E-state index is 12.0. The maximum Gasteiger partial charge on any atom is 0.324 e. The van der Waals surface area contributed by atoms with Gasteiger partial charge in [-0.2, -0.15) is 17.4 Å². The molecule has 0 radical (unpaired) electrons. The predicted octanol–water partition coefficient (Wildman–Crippen LogP) is 0.314. The molecule has 1 saturated carbocycles. The number of aliphatic carboxylic acids is 1. The van der Waals surface area contributed by atoms with Crippen molar-refractivity contribution in [1.82, 2.24) is 9.03 Å². The molecule has 0 unspecified atom stereocenters. The Bertz CT molecular complexity index is 395. The summed E-state index contributed by atoms with van der Waals surface area (Å²) in [6.07, 6.45) is 3.98. The maximum atomic E-state index is 12.0. The molecule has 2 aliphatic rings. The van der Waals surface area contributed by atoms with E-state index in [1.165, 1.54) is 4.31 Å². The molecule has 17 heavy (non-hydrogen) atoms. The van der Waals surface area contributed by atoms with Crippen LogP contribution in [-0.4, -0.2) is 42.4 Å². The van der Waals surface area contributed by atoms with Crippen LogP contribution in [0.1, 0.15) is 38.5 Å². The quantitative estimate of drug-likeness (QED) is 0.763. The van der Waals surface area contributed by atoms with Crippen LogP contribution < -0.4 is 4.72 Å². The van der Waals surface area contributed by atoms with Crippen LogP contribution in [0.25, 0.3) is 0 Å². The zero-order valence-corrected chi connectivity index (χ0v) is 10.5. The summed E-state index contributed by atoms with van der Waals surface area (Å²) in [5.74, 6) is -1.06. The first-order chi connectivity index (χ1) is 7.96. The molecule has 7 heteroatoms. The minimum atomic E-state index is -3.64. The normalized spacial score (nSPS) is 25.2. The standard InChI is InChI=1S/C10H18N2O4S/c13-9(14)10(5-1-2-6-10)11-17(15,16)12-7-3-4-8-12/h11H,1-8H2,(H,13,14). The van der Waals surface area contributed by atoms with Crippen LogP contribution in [0.15, 0.2) is 0 Å². The smallest absolute Gasteiger partial charge is 0.324 e. The molecular formula is C10H18N2O4S. The van der Waals surface area contributed by atoms with E-state index >= 15 is 0 Å². The van der Waals surface area contributed by atoms with Crippen molar-refractivity contribution in [2.45, 2.75) is 44.1 Å². The van der Waals surface area contributed by atoms with Gasteiger partial charge in [0.2, 0.25) is 0 Å². The highest BCUT2D eigenvalue weighted by Gasteiger charge is 2.45. The molecule has 2 fully saturated rings. The Morgan fingerprint density at radius 2 is 1.65 bits per heavy atom. The summed E-state index contributed by atoms with van der Waals surface area (Å²) in [5, 5.41) is 9.22. The van der Waals surface area contributed by atoms with Gasteiger partial charge in [-0.05, 0) is 25.7 Å². The van der Waals surface area contributed by atoms with Gasteiger partial charge in [0.25, 0.3) is 10.2 Å². The second kappa shape index (κ2) is 4.55. The lowest BCUT2D eigenvalue weighted by molar-refractivity contribution is -0.143. The Hall–Kier alpha value is -0.660. The van der Waals surface area contributed by atoms with Crippen LogP contribution in [0, 0.1) is 0 Å². The minimum Gasteiger partial charge on any atom is -0.480 e. The van der Waals surface area contributed by atoms with E-state index in [0.717, 1.165) is 25.7 Å². The fraction of sp³-hybridized carbons (Fsp3) is 0.900. The van der Waals surface area contributed by atoms with E-state index in [-0.39, 0.29) is 0 Å². The van der Waals surface area contributed by atoms with Gasteiger partial charge < -0.3 is 5.11 Å². The summed E-state index contributed by atoms with van der Waals surface area (Å²) in [6, 6.07) is 0. The number of rotatable bonds is 4. The number of nitrogens with zero attached hydrogens (tertiary/aromatic N) is 1. The van der Waals surface area contributed by atoms with Gasteiger partial charge in [-0.1, -0.05) is 12.8 Å². The zero-order chi connectivity index (χ0) is 12.5. The molecule has 0 amide bonds. The largest absolute Gasteiger partial charge is 0.480 e. The summed E-state index contributed by atoms with van der Waals surface area (Å²) in [4.78, 5) is 11.3. The summed E-state index contributed by atoms with van der Waals surface area (Å²) >= 11 is 0. The lowest BCUT2D eigenvalue weighted by Gasteiger charge is -2.27. The molecule has 0 aromatic carbocycles. The second-order valence-corrected chi connectivity index (χ2v) is 6.48. The average Bonchev–Trinajstić information content (AvgIpc) is 2.86. The SMILES string of the molecule is O=C(O)C1(NS(=O)(=O)N2CCCC2)CCCC1. The van der Waals surface area contributed by atoms with Crippen LogP contribution >= 0.6 is 0 Å². The Labute approximate surface area is 101 Å². The van der Waals surface area contributed by atoms with E-state index in [1.54, 1.807) is 0 Å². The van der Waals surface area contributed by atoms with Crippen molar-refractivity contribution in [1.29, 1.82) is 0 Å². The lowest BCUT2D eigenvalue weighted by atomic mass is 10.0. The molecule has 98 valence electrons. The summed E-state index contributed by atoms with van der Waals surface area (Å²) in [7, 11) is -3.64. The van der Waals surface area contributed by atoms with Crippen LogP contribution in [0.4, 0.5) is 0 Å². The van der Waals surface area contributed by atoms with E-state index in [2.05, 4.69) is 4.72 Å². The molecule has 1 aliphatic heterocycles. The van der Waals surface area contributed by atoms with Crippen molar-refractivity contribution in [3.05, 3.63) is 0 Å². The molecule has 1 aliphatic carbocycles. The van der Waals surface area contributed by atoms with Crippen LogP contribution in [-0.2, 0) is 15.0 Å². The minimum absolute atomic E-state index is 0.384. The summed E-state index contributed by atoms with van der Waals surface area (Å²) in [6.45, 7) is 0.982. The predicted molar refractivity (Wildman–Crippen MR) is 61.7 cm³/mol. The number of carboxylic acid groups (broad SMARTS) is 1. The van der Waals surface area contributed by atoms with Crippen LogP contribution in [0.5, 0.6) is 0 Å². The van der Waals surface area contributed by atoms with Crippen molar-refractivity contribution >= 4 is 16.2 Å². The summed E-state index contributed by atoms with van der Waals surface area (Å²) < 4.78 is 27.9. The number of carbonyl (C=O) groups is 1. The van der Waals surface area contributed by atoms with Crippen LogP contribution in [0.3, 0.4) is 0 Å². The third kappa shape index (κ3) is 2.46. The van der Waals surface area contributed by atoms with Gasteiger partial charge in [-0.25, -0.2) is 0 Å². The number of hydrogen-bond acceptors (Lipinski definition) is 3. The topological polar surface area (TPSA) is 86.7 Å². The Balaban J connectivity index is 2.15. The molecule has 0 atom stereocenters. The third-order valence-corrected chi connectivity index (χ3v) is 5.29. The molecular weight excluding hydrogens is 244 g/mol. The monoisotopic (exact) mass is 262 g/mol. The van der Waals surface area contributed by atoms with E-state index < -0.39 is 21.7 Å². The lowest BCUT2D eigenvalue weighted by Crippen LogP contribution is -2.56. The van der Waals surface area contributed by atoms with Gasteiger partial charge in [-0.3, -0.25) is 4.79 Å². The first kappa shape index (κ1) is 12.8. The highest BCUT2D eigenvalue weighted by atomic mass is 32.2. The highest BCUT2D eigenvalue weighted by molar-refractivity contribution is 7.87. The fourth-order valence-corrected chi connectivity index (χ4v) is 4.23. The van der Waals surface area contributed by atoms with Gasteiger partial charge in [0.05, 0.1) is 0 Å². The Kier molecular flexibility index (Phi) is 3.42. The first-order valence-corrected chi connectivity index (χ1v) is 7.43. The first-order valence-electron chi connectivity index (χ1n) is 5.99.